The average molecular weight is 943 g/mol. The van der Waals surface area contributed by atoms with Gasteiger partial charge in [-0.2, -0.15) is 0 Å². The van der Waals surface area contributed by atoms with Crippen LogP contribution in [0.15, 0.2) is 122 Å². The number of anilines is 4. The highest BCUT2D eigenvalue weighted by Gasteiger charge is 2.24. The number of aryl methyl sites for hydroxylation is 2. The lowest BCUT2D eigenvalue weighted by Crippen LogP contribution is -2.30. The summed E-state index contributed by atoms with van der Waals surface area (Å²) in [5.74, 6) is -0.579. The molecule has 6 heterocycles. The predicted octanol–water partition coefficient (Wildman–Crippen LogP) is 10.5. The first-order valence-corrected chi connectivity index (χ1v) is 25.1. The highest BCUT2D eigenvalue weighted by Crippen LogP contribution is 2.36. The third-order valence-corrected chi connectivity index (χ3v) is 15.0. The Balaban J connectivity index is 0.000000174. The number of benzene rings is 4. The third-order valence-electron chi connectivity index (χ3n) is 15.0. The van der Waals surface area contributed by atoms with Crippen molar-refractivity contribution < 1.29 is 29.3 Å². The molecule has 0 radical (unpaired) electrons. The van der Waals surface area contributed by atoms with E-state index in [-0.39, 0.29) is 12.1 Å². The molecule has 10 rings (SSSR count). The normalized spacial score (nSPS) is 18.1. The van der Waals surface area contributed by atoms with E-state index in [1.54, 1.807) is 24.5 Å². The number of ether oxygens (including phenoxy) is 2. The number of nitrogens with one attached hydrogen (secondary N) is 2. The Morgan fingerprint density at radius 2 is 0.943 bits per heavy atom. The molecule has 70 heavy (non-hydrogen) atoms. The number of carbonyl (C=O) groups is 2. The monoisotopic (exact) mass is 943 g/mol. The smallest absolute Gasteiger partial charge is 0.336 e. The van der Waals surface area contributed by atoms with Crippen molar-refractivity contribution >= 4 is 34.7 Å². The first kappa shape index (κ1) is 48.6. The number of carboxylic acids is 2. The van der Waals surface area contributed by atoms with Crippen LogP contribution in [0.5, 0.6) is 0 Å². The zero-order valence-corrected chi connectivity index (χ0v) is 40.5. The number of hydrogen-bond donors (Lipinski definition) is 4. The van der Waals surface area contributed by atoms with Crippen LogP contribution in [0.1, 0.15) is 128 Å². The molecular formula is C58H66N6O6. The minimum Gasteiger partial charge on any atom is -0.478 e. The molecule has 0 aliphatic carbocycles. The maximum Gasteiger partial charge on any atom is 0.336 e. The number of aromatic carboxylic acids is 2. The van der Waals surface area contributed by atoms with E-state index in [2.05, 4.69) is 129 Å². The van der Waals surface area contributed by atoms with Crippen molar-refractivity contribution in [3.63, 3.8) is 0 Å². The lowest BCUT2D eigenvalue weighted by molar-refractivity contribution is 0.0684. The van der Waals surface area contributed by atoms with Crippen LogP contribution in [0, 0.1) is 0 Å². The first-order chi connectivity index (χ1) is 34.2. The number of aromatic nitrogens is 2. The molecule has 2 atom stereocenters. The van der Waals surface area contributed by atoms with Crippen LogP contribution < -0.4 is 20.4 Å². The third kappa shape index (κ3) is 11.6. The molecular weight excluding hydrogens is 877 g/mol. The van der Waals surface area contributed by atoms with Crippen LogP contribution in [0.2, 0.25) is 0 Å². The van der Waals surface area contributed by atoms with Crippen LogP contribution in [-0.2, 0) is 35.2 Å². The summed E-state index contributed by atoms with van der Waals surface area (Å²) in [4.78, 5) is 35.8. The molecule has 4 aliphatic rings. The highest BCUT2D eigenvalue weighted by atomic mass is 16.5. The van der Waals surface area contributed by atoms with E-state index in [4.69, 9.17) is 9.47 Å². The Labute approximate surface area is 412 Å². The Kier molecular flexibility index (Phi) is 16.0. The second-order valence-corrected chi connectivity index (χ2v) is 19.1. The van der Waals surface area contributed by atoms with Crippen molar-refractivity contribution in [1.29, 1.82) is 0 Å². The summed E-state index contributed by atoms with van der Waals surface area (Å²) >= 11 is 0. The van der Waals surface area contributed by atoms with Gasteiger partial charge in [0, 0.05) is 100 Å². The Bertz CT molecular complexity index is 2530. The number of rotatable bonds is 14. The molecule has 0 spiro atoms. The molecule has 12 heteroatoms. The second-order valence-electron chi connectivity index (χ2n) is 19.1. The fourth-order valence-corrected chi connectivity index (χ4v) is 10.8. The Morgan fingerprint density at radius 1 is 0.557 bits per heavy atom. The van der Waals surface area contributed by atoms with E-state index in [0.29, 0.717) is 35.8 Å². The molecule has 2 fully saturated rings. The summed E-state index contributed by atoms with van der Waals surface area (Å²) in [5, 5.41) is 26.2. The van der Waals surface area contributed by atoms with E-state index < -0.39 is 11.9 Å². The first-order valence-electron chi connectivity index (χ1n) is 25.1. The summed E-state index contributed by atoms with van der Waals surface area (Å²) in [6.07, 6.45) is 15.9. The van der Waals surface area contributed by atoms with Gasteiger partial charge >= 0.3 is 11.9 Å². The van der Waals surface area contributed by atoms with Gasteiger partial charge in [-0.15, -0.1) is 0 Å². The lowest BCUT2D eigenvalue weighted by atomic mass is 9.89. The van der Waals surface area contributed by atoms with Crippen molar-refractivity contribution in [3.8, 4) is 0 Å². The van der Waals surface area contributed by atoms with Gasteiger partial charge in [0.1, 0.15) is 0 Å². The van der Waals surface area contributed by atoms with Gasteiger partial charge < -0.3 is 40.1 Å². The number of nitrogens with zero attached hydrogens (tertiary/aromatic N) is 4. The van der Waals surface area contributed by atoms with Crippen molar-refractivity contribution in [1.82, 2.24) is 20.6 Å². The number of fused-ring (bicyclic) bond motifs is 2. The quantitative estimate of drug-likeness (QED) is 0.0823. The van der Waals surface area contributed by atoms with Gasteiger partial charge in [0.2, 0.25) is 0 Å². The highest BCUT2D eigenvalue weighted by molar-refractivity contribution is 5.89. The van der Waals surface area contributed by atoms with Crippen LogP contribution in [0.4, 0.5) is 22.7 Å². The van der Waals surface area contributed by atoms with Crippen molar-refractivity contribution in [3.05, 3.63) is 177 Å². The van der Waals surface area contributed by atoms with Crippen LogP contribution in [-0.4, -0.2) is 85.7 Å². The van der Waals surface area contributed by atoms with E-state index in [0.717, 1.165) is 102 Å². The molecule has 0 unspecified atom stereocenters. The molecule has 0 amide bonds. The topological polar surface area (TPSA) is 149 Å². The molecule has 6 aromatic rings. The predicted molar refractivity (Wildman–Crippen MR) is 275 cm³/mol. The Hall–Kier alpha value is -6.44. The van der Waals surface area contributed by atoms with Crippen molar-refractivity contribution in [2.75, 3.05) is 63.4 Å². The minimum atomic E-state index is -0.895. The molecule has 2 aromatic heterocycles. The molecule has 4 N–H and O–H groups in total. The number of pyridine rings is 2. The van der Waals surface area contributed by atoms with Gasteiger partial charge in [-0.05, 0) is 194 Å². The van der Waals surface area contributed by atoms with E-state index in [1.807, 2.05) is 0 Å². The number of hydrogen-bond acceptors (Lipinski definition) is 10. The fourth-order valence-electron chi connectivity index (χ4n) is 10.8. The van der Waals surface area contributed by atoms with Crippen LogP contribution in [0.3, 0.4) is 0 Å². The molecule has 364 valence electrons. The van der Waals surface area contributed by atoms with Gasteiger partial charge in [0.25, 0.3) is 0 Å². The van der Waals surface area contributed by atoms with Crippen LogP contribution in [0.25, 0.3) is 0 Å². The molecule has 0 bridgehead atoms. The SMILES string of the molecule is CN(c1ccc(C2CCOCC2)cc1)c1ccc2c(c1)CCN[C@@H]2CCc1cnccc1C(=O)O.CN(c1ccc(C2CCOCC2)cc1)c1ccc2c(c1)CCN[C@H]2CCc1cnccc1C(=O)O. The van der Waals surface area contributed by atoms with Crippen molar-refractivity contribution in [2.24, 2.45) is 0 Å². The summed E-state index contributed by atoms with van der Waals surface area (Å²) in [6, 6.07) is 35.0. The minimum absolute atomic E-state index is 0.207. The molecule has 0 saturated carbocycles. The molecule has 4 aromatic carbocycles. The van der Waals surface area contributed by atoms with Gasteiger partial charge in [-0.1, -0.05) is 36.4 Å². The summed E-state index contributed by atoms with van der Waals surface area (Å²) in [7, 11) is 4.25. The maximum absolute atomic E-state index is 11.5. The standard InChI is InChI=1S/2C29H33N3O3/c2*1-32(24-5-2-20(3-6-24)21-12-16-35-17-13-21)25-7-8-26-22(18-25)10-15-31-28(26)9-4-23-19-30-14-11-27(23)29(33)34/h2*2-3,5-8,11,14,18-19,21,28,31H,4,9-10,12-13,15-17H2,1H3,(H,33,34)/t2*28-/m10/s1. The Morgan fingerprint density at radius 3 is 1.33 bits per heavy atom. The summed E-state index contributed by atoms with van der Waals surface area (Å²) < 4.78 is 11.0. The second kappa shape index (κ2) is 23.0. The van der Waals surface area contributed by atoms with Gasteiger partial charge in [-0.25, -0.2) is 9.59 Å². The molecule has 12 nitrogen and oxygen atoms in total. The maximum atomic E-state index is 11.5. The average Bonchev–Trinajstić information content (AvgIpc) is 3.42. The van der Waals surface area contributed by atoms with Crippen LogP contribution >= 0.6 is 0 Å². The van der Waals surface area contributed by atoms with Crippen molar-refractivity contribution in [2.45, 2.75) is 88.1 Å². The number of carboxylic acid groups (broad SMARTS) is 2. The zero-order valence-electron chi connectivity index (χ0n) is 40.5. The fraction of sp³-hybridized carbons (Fsp3) is 0.379. The summed E-state index contributed by atoms with van der Waals surface area (Å²) in [5.41, 5.74) is 15.2. The van der Waals surface area contributed by atoms with E-state index in [1.165, 1.54) is 68.5 Å². The summed E-state index contributed by atoms with van der Waals surface area (Å²) in [6.45, 7) is 5.29. The lowest BCUT2D eigenvalue weighted by Gasteiger charge is -2.29. The van der Waals surface area contributed by atoms with E-state index in [9.17, 15) is 19.8 Å². The largest absolute Gasteiger partial charge is 0.478 e. The van der Waals surface area contributed by atoms with E-state index >= 15 is 0 Å². The van der Waals surface area contributed by atoms with Gasteiger partial charge in [0.05, 0.1) is 11.1 Å². The molecule has 4 aliphatic heterocycles. The van der Waals surface area contributed by atoms with Gasteiger partial charge in [-0.3, -0.25) is 9.97 Å². The zero-order chi connectivity index (χ0) is 48.4. The molecule has 2 saturated heterocycles. The van der Waals surface area contributed by atoms with Gasteiger partial charge in [0.15, 0.2) is 0 Å².